The molecule has 0 atom stereocenters. The monoisotopic (exact) mass is 236 g/mol. The molecule has 1 rings (SSSR count). The number of ether oxygens (including phenoxy) is 1. The summed E-state index contributed by atoms with van der Waals surface area (Å²) in [5, 5.41) is 0. The number of rotatable bonds is 7. The van der Waals surface area contributed by atoms with Gasteiger partial charge >= 0.3 is 0 Å². The Morgan fingerprint density at radius 3 is 2.65 bits per heavy atom. The molecule has 0 aliphatic heterocycles. The van der Waals surface area contributed by atoms with Crippen LogP contribution in [0.1, 0.15) is 25.3 Å². The number of nitrogens with two attached hydrogens (primary N) is 1. The van der Waals surface area contributed by atoms with Crippen molar-refractivity contribution in [2.24, 2.45) is 0 Å². The first-order chi connectivity index (χ1) is 8.19. The number of nitrogen functional groups attached to an aromatic ring is 1. The highest BCUT2D eigenvalue weighted by molar-refractivity contribution is 5.57. The van der Waals surface area contributed by atoms with E-state index in [1.165, 1.54) is 5.69 Å². The second-order valence-corrected chi connectivity index (χ2v) is 4.32. The maximum atomic E-state index is 5.83. The van der Waals surface area contributed by atoms with Crippen LogP contribution >= 0.6 is 0 Å². The highest BCUT2D eigenvalue weighted by Gasteiger charge is 2.05. The number of benzene rings is 1. The number of anilines is 2. The Hall–Kier alpha value is -1.22. The van der Waals surface area contributed by atoms with Gasteiger partial charge in [-0.15, -0.1) is 0 Å². The molecule has 0 heterocycles. The van der Waals surface area contributed by atoms with Crippen molar-refractivity contribution >= 4 is 11.4 Å². The third kappa shape index (κ3) is 4.27. The SMILES string of the molecule is CCN(CCCCOC)c1ccc(N)c(C)c1. The molecule has 0 unspecified atom stereocenters. The Labute approximate surface area is 105 Å². The summed E-state index contributed by atoms with van der Waals surface area (Å²) in [5.74, 6) is 0. The van der Waals surface area contributed by atoms with Gasteiger partial charge in [-0.1, -0.05) is 0 Å². The molecule has 0 amide bonds. The van der Waals surface area contributed by atoms with Crippen LogP contribution in [0.4, 0.5) is 11.4 Å². The summed E-state index contributed by atoms with van der Waals surface area (Å²) in [4.78, 5) is 2.38. The summed E-state index contributed by atoms with van der Waals surface area (Å²) < 4.78 is 5.06. The number of nitrogens with zero attached hydrogens (tertiary/aromatic N) is 1. The summed E-state index contributed by atoms with van der Waals surface area (Å²) in [6.45, 7) is 7.18. The lowest BCUT2D eigenvalue weighted by atomic mass is 10.1. The van der Waals surface area contributed by atoms with Gasteiger partial charge in [-0.2, -0.15) is 0 Å². The molecule has 0 aliphatic carbocycles. The maximum absolute atomic E-state index is 5.83. The van der Waals surface area contributed by atoms with Crippen LogP contribution in [0.2, 0.25) is 0 Å². The van der Waals surface area contributed by atoms with E-state index in [4.69, 9.17) is 10.5 Å². The fraction of sp³-hybridized carbons (Fsp3) is 0.571. The van der Waals surface area contributed by atoms with Crippen LogP contribution in [0.15, 0.2) is 18.2 Å². The van der Waals surface area contributed by atoms with Gasteiger partial charge < -0.3 is 15.4 Å². The van der Waals surface area contributed by atoms with E-state index in [2.05, 4.69) is 30.9 Å². The molecule has 0 fully saturated rings. The molecule has 3 heteroatoms. The van der Waals surface area contributed by atoms with E-state index in [1.54, 1.807) is 7.11 Å². The van der Waals surface area contributed by atoms with E-state index in [0.717, 1.165) is 43.8 Å². The summed E-state index contributed by atoms with van der Waals surface area (Å²) in [6.07, 6.45) is 2.27. The lowest BCUT2D eigenvalue weighted by molar-refractivity contribution is 0.193. The molecule has 1 aromatic rings. The quantitative estimate of drug-likeness (QED) is 0.584. The van der Waals surface area contributed by atoms with Crippen molar-refractivity contribution < 1.29 is 4.74 Å². The van der Waals surface area contributed by atoms with Crippen LogP contribution in [-0.2, 0) is 4.74 Å². The van der Waals surface area contributed by atoms with Crippen LogP contribution in [0, 0.1) is 6.92 Å². The highest BCUT2D eigenvalue weighted by atomic mass is 16.5. The molecule has 0 radical (unpaired) electrons. The molecule has 3 nitrogen and oxygen atoms in total. The summed E-state index contributed by atoms with van der Waals surface area (Å²) in [6, 6.07) is 6.25. The summed E-state index contributed by atoms with van der Waals surface area (Å²) in [5.41, 5.74) is 9.11. The molecular weight excluding hydrogens is 212 g/mol. The predicted molar refractivity (Wildman–Crippen MR) is 74.6 cm³/mol. The van der Waals surface area contributed by atoms with E-state index in [0.29, 0.717) is 0 Å². The lowest BCUT2D eigenvalue weighted by Gasteiger charge is -2.23. The van der Waals surface area contributed by atoms with E-state index >= 15 is 0 Å². The lowest BCUT2D eigenvalue weighted by Crippen LogP contribution is -2.24. The molecule has 0 spiro atoms. The number of hydrogen-bond donors (Lipinski definition) is 1. The number of hydrogen-bond acceptors (Lipinski definition) is 3. The van der Waals surface area contributed by atoms with Crippen molar-refractivity contribution in [3.63, 3.8) is 0 Å². The zero-order chi connectivity index (χ0) is 12.7. The Bertz CT molecular complexity index is 339. The van der Waals surface area contributed by atoms with Crippen LogP contribution in [0.5, 0.6) is 0 Å². The average molecular weight is 236 g/mol. The van der Waals surface area contributed by atoms with E-state index in [9.17, 15) is 0 Å². The van der Waals surface area contributed by atoms with Crippen LogP contribution in [-0.4, -0.2) is 26.8 Å². The van der Waals surface area contributed by atoms with E-state index in [1.807, 2.05) is 6.07 Å². The fourth-order valence-corrected chi connectivity index (χ4v) is 1.88. The minimum Gasteiger partial charge on any atom is -0.399 e. The van der Waals surface area contributed by atoms with Crippen molar-refractivity contribution in [1.29, 1.82) is 0 Å². The predicted octanol–water partition coefficient (Wildman–Crippen LogP) is 2.83. The van der Waals surface area contributed by atoms with Crippen LogP contribution in [0.25, 0.3) is 0 Å². The van der Waals surface area contributed by atoms with Gasteiger partial charge in [-0.3, -0.25) is 0 Å². The largest absolute Gasteiger partial charge is 0.399 e. The molecule has 0 saturated heterocycles. The van der Waals surface area contributed by atoms with Gasteiger partial charge in [0.05, 0.1) is 0 Å². The van der Waals surface area contributed by atoms with Crippen molar-refractivity contribution in [2.75, 3.05) is 37.4 Å². The molecule has 1 aromatic carbocycles. The van der Waals surface area contributed by atoms with Crippen LogP contribution < -0.4 is 10.6 Å². The third-order valence-electron chi connectivity index (χ3n) is 3.03. The van der Waals surface area contributed by atoms with Gasteiger partial charge in [0.25, 0.3) is 0 Å². The minimum absolute atomic E-state index is 0.846. The Morgan fingerprint density at radius 1 is 1.29 bits per heavy atom. The number of aryl methyl sites for hydroxylation is 1. The first-order valence-electron chi connectivity index (χ1n) is 6.29. The highest BCUT2D eigenvalue weighted by Crippen LogP contribution is 2.20. The molecule has 0 bridgehead atoms. The Kier molecular flexibility index (Phi) is 5.84. The van der Waals surface area contributed by atoms with Gasteiger partial charge in [0.2, 0.25) is 0 Å². The van der Waals surface area contributed by atoms with Gasteiger partial charge in [-0.05, 0) is 50.5 Å². The molecule has 0 aliphatic rings. The molecule has 2 N–H and O–H groups in total. The molecule has 96 valence electrons. The smallest absolute Gasteiger partial charge is 0.0462 e. The Balaban J connectivity index is 2.56. The van der Waals surface area contributed by atoms with Crippen LogP contribution in [0.3, 0.4) is 0 Å². The number of methoxy groups -OCH3 is 1. The standard InChI is InChI=1S/C14H24N2O/c1-4-16(9-5-6-10-17-3)13-7-8-14(15)12(2)11-13/h7-8,11H,4-6,9-10,15H2,1-3H3. The minimum atomic E-state index is 0.846. The topological polar surface area (TPSA) is 38.5 Å². The third-order valence-corrected chi connectivity index (χ3v) is 3.03. The summed E-state index contributed by atoms with van der Waals surface area (Å²) >= 11 is 0. The Morgan fingerprint density at radius 2 is 2.06 bits per heavy atom. The molecular formula is C14H24N2O. The fourth-order valence-electron chi connectivity index (χ4n) is 1.88. The zero-order valence-electron chi connectivity index (χ0n) is 11.2. The van der Waals surface area contributed by atoms with Crippen molar-refractivity contribution in [3.8, 4) is 0 Å². The van der Waals surface area contributed by atoms with Gasteiger partial charge in [-0.25, -0.2) is 0 Å². The second kappa shape index (κ2) is 7.17. The van der Waals surface area contributed by atoms with Crippen molar-refractivity contribution in [2.45, 2.75) is 26.7 Å². The average Bonchev–Trinajstić information content (AvgIpc) is 2.33. The first kappa shape index (κ1) is 13.8. The van der Waals surface area contributed by atoms with Crippen molar-refractivity contribution in [1.82, 2.24) is 0 Å². The van der Waals surface area contributed by atoms with E-state index < -0.39 is 0 Å². The molecule has 0 saturated carbocycles. The summed E-state index contributed by atoms with van der Waals surface area (Å²) in [7, 11) is 1.75. The van der Waals surface area contributed by atoms with Crippen molar-refractivity contribution in [3.05, 3.63) is 23.8 Å². The van der Waals surface area contributed by atoms with Gasteiger partial charge in [0.15, 0.2) is 0 Å². The van der Waals surface area contributed by atoms with Gasteiger partial charge in [0, 0.05) is 38.2 Å². The second-order valence-electron chi connectivity index (χ2n) is 4.32. The normalized spacial score (nSPS) is 10.5. The van der Waals surface area contributed by atoms with Gasteiger partial charge in [0.1, 0.15) is 0 Å². The molecule has 17 heavy (non-hydrogen) atoms. The van der Waals surface area contributed by atoms with E-state index in [-0.39, 0.29) is 0 Å². The zero-order valence-corrected chi connectivity index (χ0v) is 11.2. The number of unbranched alkanes of at least 4 members (excludes halogenated alkanes) is 1. The molecule has 0 aromatic heterocycles. The first-order valence-corrected chi connectivity index (χ1v) is 6.29. The maximum Gasteiger partial charge on any atom is 0.0462 e.